The predicted octanol–water partition coefficient (Wildman–Crippen LogP) is -0.546. The Morgan fingerprint density at radius 2 is 2.22 bits per heavy atom. The van der Waals surface area contributed by atoms with Crippen LogP contribution in [0.3, 0.4) is 0 Å². The number of carbonyl (C=O) groups is 1. The second-order valence-corrected chi connectivity index (χ2v) is 2.98. The van der Waals surface area contributed by atoms with Gasteiger partial charge >= 0.3 is 0 Å². The molecule has 0 bridgehead atoms. The summed E-state index contributed by atoms with van der Waals surface area (Å²) in [5.41, 5.74) is -0.0336. The van der Waals surface area contributed by atoms with Crippen LogP contribution in [0.4, 0.5) is 0 Å². The van der Waals surface area contributed by atoms with Crippen LogP contribution in [0, 0.1) is 5.41 Å². The van der Waals surface area contributed by atoms with E-state index in [0.717, 1.165) is 12.8 Å². The number of aliphatic carboxylic acids is 1. The fraction of sp³-hybridized carbons (Fsp3) is 0.833. The van der Waals surface area contributed by atoms with Gasteiger partial charge in [-0.25, -0.2) is 0 Å². The van der Waals surface area contributed by atoms with Crippen molar-refractivity contribution in [3.63, 3.8) is 0 Å². The highest BCUT2D eigenvalue weighted by Crippen LogP contribution is 2.48. The van der Waals surface area contributed by atoms with Crippen molar-refractivity contribution in [1.29, 1.82) is 0 Å². The van der Waals surface area contributed by atoms with Gasteiger partial charge in [-0.15, -0.1) is 0 Å². The molecule has 0 unspecified atom stereocenters. The smallest absolute Gasteiger partial charge is 0.0419 e. The van der Waals surface area contributed by atoms with Crippen molar-refractivity contribution in [2.24, 2.45) is 5.41 Å². The van der Waals surface area contributed by atoms with Gasteiger partial charge in [0, 0.05) is 5.97 Å². The molecule has 0 N–H and O–H groups in total. The van der Waals surface area contributed by atoms with Gasteiger partial charge in [-0.1, -0.05) is 0 Å². The number of carbonyl (C=O) groups excluding carboxylic acids is 1. The zero-order chi connectivity index (χ0) is 6.91. The van der Waals surface area contributed by atoms with Crippen molar-refractivity contribution >= 4 is 18.6 Å². The number of rotatable bonds is 3. The third-order valence-corrected chi connectivity index (χ3v) is 2.40. The molecule has 0 amide bonds. The quantitative estimate of drug-likeness (QED) is 0.499. The first-order valence-electron chi connectivity index (χ1n) is 2.96. The minimum atomic E-state index is -0.961. The van der Waals surface area contributed by atoms with Crippen LogP contribution in [0.5, 0.6) is 0 Å². The van der Waals surface area contributed by atoms with Gasteiger partial charge in [0.25, 0.3) is 0 Å². The Balaban J connectivity index is 2.33. The van der Waals surface area contributed by atoms with Gasteiger partial charge in [-0.05, 0) is 24.7 Å². The average molecular weight is 144 g/mol. The maximum absolute atomic E-state index is 10.1. The molecule has 0 aromatic rings. The third kappa shape index (κ3) is 1.61. The van der Waals surface area contributed by atoms with E-state index in [4.69, 9.17) is 12.6 Å². The zero-order valence-corrected chi connectivity index (χ0v) is 5.87. The van der Waals surface area contributed by atoms with Crippen LogP contribution < -0.4 is 5.11 Å². The van der Waals surface area contributed by atoms with E-state index >= 15 is 0 Å². The van der Waals surface area contributed by atoms with Crippen LogP contribution in [0.1, 0.15) is 19.3 Å². The molecule has 1 saturated carbocycles. The summed E-state index contributed by atoms with van der Waals surface area (Å²) in [5, 5.41) is 10.1. The number of hydrogen-bond donors (Lipinski definition) is 0. The van der Waals surface area contributed by atoms with Gasteiger partial charge in [-0.2, -0.15) is 5.75 Å². The predicted molar refractivity (Wildman–Crippen MR) is 33.5 cm³/mol. The minimum Gasteiger partial charge on any atom is -0.792 e. The van der Waals surface area contributed by atoms with E-state index in [0.29, 0.717) is 5.75 Å². The van der Waals surface area contributed by atoms with Crippen molar-refractivity contribution in [3.8, 4) is 0 Å². The van der Waals surface area contributed by atoms with Crippen LogP contribution in [-0.2, 0) is 17.4 Å². The molecule has 0 saturated heterocycles. The topological polar surface area (TPSA) is 40.1 Å². The van der Waals surface area contributed by atoms with Gasteiger partial charge in [-0.3, -0.25) is 0 Å². The van der Waals surface area contributed by atoms with E-state index in [-0.39, 0.29) is 11.8 Å². The first-order chi connectivity index (χ1) is 4.18. The Hall–Kier alpha value is -0.180. The summed E-state index contributed by atoms with van der Waals surface area (Å²) >= 11 is 4.78. The average Bonchev–Trinajstić information content (AvgIpc) is 2.48. The second-order valence-electron chi connectivity index (χ2n) is 2.69. The monoisotopic (exact) mass is 144 g/mol. The van der Waals surface area contributed by atoms with E-state index in [1.807, 2.05) is 0 Å². The second kappa shape index (κ2) is 2.21. The SMILES string of the molecule is O=C([O-])CC1(C[S-])CC1. The highest BCUT2D eigenvalue weighted by Gasteiger charge is 2.37. The highest BCUT2D eigenvalue weighted by atomic mass is 32.1. The fourth-order valence-electron chi connectivity index (χ4n) is 0.855. The van der Waals surface area contributed by atoms with E-state index in [9.17, 15) is 9.90 Å². The molecule has 52 valence electrons. The van der Waals surface area contributed by atoms with E-state index in [1.165, 1.54) is 0 Å². The van der Waals surface area contributed by atoms with E-state index in [1.54, 1.807) is 0 Å². The normalized spacial score (nSPS) is 21.4. The lowest BCUT2D eigenvalue weighted by molar-refractivity contribution is -0.307. The van der Waals surface area contributed by atoms with Gasteiger partial charge in [0.2, 0.25) is 0 Å². The Labute approximate surface area is 59.7 Å². The molecule has 0 spiro atoms. The van der Waals surface area contributed by atoms with Crippen LogP contribution in [0.15, 0.2) is 0 Å². The maximum Gasteiger partial charge on any atom is 0.0419 e. The summed E-state index contributed by atoms with van der Waals surface area (Å²) in [6.07, 6.45) is 2.12. The number of hydrogen-bond acceptors (Lipinski definition) is 3. The molecule has 0 heterocycles. The Bertz CT molecular complexity index is 129. The standard InChI is InChI=1S/C6H10O2S/c7-5(8)3-6(4-9)1-2-6/h9H,1-4H2,(H,7,8)/p-2. The van der Waals surface area contributed by atoms with Crippen molar-refractivity contribution in [3.05, 3.63) is 0 Å². The zero-order valence-electron chi connectivity index (χ0n) is 5.05. The number of carboxylic acids is 1. The molecule has 3 heteroatoms. The molecule has 9 heavy (non-hydrogen) atoms. The van der Waals surface area contributed by atoms with Crippen molar-refractivity contribution in [2.75, 3.05) is 5.75 Å². The van der Waals surface area contributed by atoms with E-state index in [2.05, 4.69) is 0 Å². The van der Waals surface area contributed by atoms with Crippen LogP contribution in [-0.4, -0.2) is 11.7 Å². The Morgan fingerprint density at radius 3 is 2.33 bits per heavy atom. The molecule has 0 aromatic heterocycles. The van der Waals surface area contributed by atoms with E-state index < -0.39 is 5.97 Å². The number of carboxylic acid groups (broad SMARTS) is 1. The molecular weight excluding hydrogens is 136 g/mol. The molecule has 1 fully saturated rings. The van der Waals surface area contributed by atoms with Gasteiger partial charge in [0.1, 0.15) is 0 Å². The van der Waals surface area contributed by atoms with Gasteiger partial charge in [0.15, 0.2) is 0 Å². The summed E-state index contributed by atoms with van der Waals surface area (Å²) in [6.45, 7) is 0. The van der Waals surface area contributed by atoms with Crippen LogP contribution in [0.25, 0.3) is 0 Å². The first kappa shape index (κ1) is 6.93. The lowest BCUT2D eigenvalue weighted by Gasteiger charge is -2.18. The first-order valence-corrected chi connectivity index (χ1v) is 3.54. The highest BCUT2D eigenvalue weighted by molar-refractivity contribution is 7.58. The maximum atomic E-state index is 10.1. The molecule has 1 aliphatic carbocycles. The summed E-state index contributed by atoms with van der Waals surface area (Å²) in [6, 6.07) is 0. The largest absolute Gasteiger partial charge is 0.792 e. The molecule has 0 radical (unpaired) electrons. The minimum absolute atomic E-state index is 0.0336. The summed E-state index contributed by atoms with van der Waals surface area (Å²) < 4.78 is 0. The summed E-state index contributed by atoms with van der Waals surface area (Å²) in [4.78, 5) is 10.1. The van der Waals surface area contributed by atoms with Crippen molar-refractivity contribution in [1.82, 2.24) is 0 Å². The third-order valence-electron chi connectivity index (χ3n) is 1.78. The molecule has 0 atom stereocenters. The lowest BCUT2D eigenvalue weighted by atomic mass is 10.1. The Kier molecular flexibility index (Phi) is 1.70. The molecule has 1 aliphatic rings. The van der Waals surface area contributed by atoms with Crippen LogP contribution >= 0.6 is 0 Å². The Morgan fingerprint density at radius 1 is 1.67 bits per heavy atom. The summed E-state index contributed by atoms with van der Waals surface area (Å²) in [7, 11) is 0. The molecule has 1 rings (SSSR count). The molecule has 2 nitrogen and oxygen atoms in total. The fourth-order valence-corrected chi connectivity index (χ4v) is 1.25. The van der Waals surface area contributed by atoms with Crippen molar-refractivity contribution in [2.45, 2.75) is 19.3 Å². The molecule has 0 aromatic carbocycles. The van der Waals surface area contributed by atoms with Crippen molar-refractivity contribution < 1.29 is 9.90 Å². The summed E-state index contributed by atoms with van der Waals surface area (Å²) in [5.74, 6) is -0.390. The lowest BCUT2D eigenvalue weighted by Crippen LogP contribution is -2.26. The molecular formula is C6H8O2S-2. The van der Waals surface area contributed by atoms with Crippen LogP contribution in [0.2, 0.25) is 0 Å². The van der Waals surface area contributed by atoms with Gasteiger partial charge < -0.3 is 22.5 Å². The molecule has 0 aliphatic heterocycles. The van der Waals surface area contributed by atoms with Gasteiger partial charge in [0.05, 0.1) is 0 Å².